The molecule has 3 aromatic rings. The smallest absolute Gasteiger partial charge is 0.417 e. The molecule has 0 radical (unpaired) electrons. The van der Waals surface area contributed by atoms with Crippen LogP contribution in [0.3, 0.4) is 0 Å². The molecule has 0 bridgehead atoms. The lowest BCUT2D eigenvalue weighted by Crippen LogP contribution is -2.19. The minimum Gasteiger partial charge on any atom is -0.478 e. The van der Waals surface area contributed by atoms with E-state index in [0.717, 1.165) is 35.9 Å². The normalized spacial score (nSPS) is 16.2. The number of nitrogens with zero attached hydrogens (tertiary/aromatic N) is 2. The number of hydrogen-bond donors (Lipinski definition) is 1. The predicted molar refractivity (Wildman–Crippen MR) is 130 cm³/mol. The third-order valence-corrected chi connectivity index (χ3v) is 6.49. The van der Waals surface area contributed by atoms with Crippen molar-refractivity contribution >= 4 is 6.08 Å². The van der Waals surface area contributed by atoms with Gasteiger partial charge in [0.05, 0.1) is 17.8 Å². The van der Waals surface area contributed by atoms with E-state index in [0.29, 0.717) is 24.6 Å². The Labute approximate surface area is 211 Å². The van der Waals surface area contributed by atoms with E-state index in [2.05, 4.69) is 16.0 Å². The third kappa shape index (κ3) is 5.77. The van der Waals surface area contributed by atoms with Crippen molar-refractivity contribution in [1.82, 2.24) is 9.97 Å². The van der Waals surface area contributed by atoms with E-state index in [4.69, 9.17) is 9.47 Å². The molecular weight excluding hydrogens is 488 g/mol. The monoisotopic (exact) mass is 514 g/mol. The van der Waals surface area contributed by atoms with Crippen LogP contribution in [0.15, 0.2) is 48.3 Å². The van der Waals surface area contributed by atoms with E-state index >= 15 is 0 Å². The molecule has 194 valence electrons. The summed E-state index contributed by atoms with van der Waals surface area (Å²) in [6.07, 6.45) is 2.20. The Hall–Kier alpha value is -3.46. The zero-order chi connectivity index (χ0) is 26.4. The molecule has 2 aliphatic rings. The van der Waals surface area contributed by atoms with Crippen LogP contribution in [-0.4, -0.2) is 27.3 Å². The maximum Gasteiger partial charge on any atom is 0.417 e. The molecule has 0 amide bonds. The first-order valence-corrected chi connectivity index (χ1v) is 12.0. The maximum atomic E-state index is 14.5. The Balaban J connectivity index is 1.33. The molecule has 0 saturated heterocycles. The lowest BCUT2D eigenvalue weighted by atomic mass is 9.99. The second kappa shape index (κ2) is 9.45. The fourth-order valence-corrected chi connectivity index (χ4v) is 4.47. The summed E-state index contributed by atoms with van der Waals surface area (Å²) < 4.78 is 67.4. The maximum absolute atomic E-state index is 14.5. The number of aromatic nitrogens is 2. The summed E-state index contributed by atoms with van der Waals surface area (Å²) >= 11 is 0. The highest BCUT2D eigenvalue weighted by atomic mass is 19.4. The molecule has 2 aliphatic carbocycles. The fourth-order valence-electron chi connectivity index (χ4n) is 4.47. The summed E-state index contributed by atoms with van der Waals surface area (Å²) in [4.78, 5) is 8.31. The Bertz CT molecular complexity index is 1360. The average Bonchev–Trinajstić information content (AvgIpc) is 3.50. The van der Waals surface area contributed by atoms with Crippen LogP contribution in [-0.2, 0) is 12.8 Å². The quantitative estimate of drug-likeness (QED) is 0.255. The number of halogens is 4. The van der Waals surface area contributed by atoms with Crippen LogP contribution < -0.4 is 9.47 Å². The van der Waals surface area contributed by atoms with Gasteiger partial charge in [-0.1, -0.05) is 17.7 Å². The predicted octanol–water partition coefficient (Wildman–Crippen LogP) is 6.69. The number of hydrogen-bond acceptors (Lipinski definition) is 5. The number of fused-ring (bicyclic) bond motifs is 3. The summed E-state index contributed by atoms with van der Waals surface area (Å²) in [5.41, 5.74) is 1.79. The SMILES string of the molecule is CC(C)(O)CCCOc1cc(C(F)(F)F)c(-c2ccc(F)c(COc3cc4c(cn3)[C@@H]3CC3=C4)c2)cn1. The van der Waals surface area contributed by atoms with Gasteiger partial charge in [0, 0.05) is 41.6 Å². The number of benzene rings is 1. The number of alkyl halides is 3. The molecule has 2 heterocycles. The minimum absolute atomic E-state index is 0.0982. The highest BCUT2D eigenvalue weighted by molar-refractivity contribution is 5.73. The van der Waals surface area contributed by atoms with Crippen LogP contribution in [0.25, 0.3) is 17.2 Å². The van der Waals surface area contributed by atoms with Crippen molar-refractivity contribution in [2.45, 2.75) is 57.4 Å². The van der Waals surface area contributed by atoms with Crippen molar-refractivity contribution in [2.75, 3.05) is 6.61 Å². The molecule has 1 saturated carbocycles. The molecule has 1 fully saturated rings. The van der Waals surface area contributed by atoms with Gasteiger partial charge >= 0.3 is 6.18 Å². The molecule has 37 heavy (non-hydrogen) atoms. The van der Waals surface area contributed by atoms with Gasteiger partial charge < -0.3 is 14.6 Å². The van der Waals surface area contributed by atoms with Gasteiger partial charge in [0.15, 0.2) is 0 Å². The van der Waals surface area contributed by atoms with Gasteiger partial charge in [-0.2, -0.15) is 13.2 Å². The third-order valence-electron chi connectivity index (χ3n) is 6.49. The molecule has 1 N–H and O–H groups in total. The van der Waals surface area contributed by atoms with Gasteiger partial charge in [0.25, 0.3) is 0 Å². The summed E-state index contributed by atoms with van der Waals surface area (Å²) in [5, 5.41) is 9.76. The van der Waals surface area contributed by atoms with E-state index in [1.165, 1.54) is 17.7 Å². The molecule has 1 aromatic carbocycles. The molecule has 5 rings (SSSR count). The Morgan fingerprint density at radius 2 is 1.78 bits per heavy atom. The first-order chi connectivity index (χ1) is 17.5. The summed E-state index contributed by atoms with van der Waals surface area (Å²) in [6, 6.07) is 6.36. The molecule has 9 heteroatoms. The number of rotatable bonds is 9. The number of allylic oxidation sites excluding steroid dienone is 1. The Morgan fingerprint density at radius 3 is 2.54 bits per heavy atom. The lowest BCUT2D eigenvalue weighted by molar-refractivity contribution is -0.137. The van der Waals surface area contributed by atoms with Gasteiger partial charge in [-0.05, 0) is 61.9 Å². The van der Waals surface area contributed by atoms with Gasteiger partial charge in [-0.3, -0.25) is 0 Å². The van der Waals surface area contributed by atoms with Gasteiger partial charge in [0.1, 0.15) is 12.4 Å². The standard InChI is InChI=1S/C28H26F4N2O3/c1-27(2,35)6-3-7-36-26-12-23(28(30,31)32)22(14-34-26)16-4-5-24(29)19(8-16)15-37-25-11-18-9-17-10-20(17)21(18)13-33-25/h4-5,8-9,11-14,20,35H,3,6-7,10,15H2,1-2H3/t20-/m1/s1. The molecular formula is C28H26F4N2O3. The zero-order valence-corrected chi connectivity index (χ0v) is 20.4. The van der Waals surface area contributed by atoms with Crippen LogP contribution in [0.1, 0.15) is 61.3 Å². The van der Waals surface area contributed by atoms with Crippen LogP contribution in [0.5, 0.6) is 11.8 Å². The largest absolute Gasteiger partial charge is 0.478 e. The first kappa shape index (κ1) is 25.2. The van der Waals surface area contributed by atoms with Crippen LogP contribution in [0.2, 0.25) is 0 Å². The lowest BCUT2D eigenvalue weighted by Gasteiger charge is -2.17. The van der Waals surface area contributed by atoms with Crippen LogP contribution in [0.4, 0.5) is 17.6 Å². The van der Waals surface area contributed by atoms with E-state index in [9.17, 15) is 22.7 Å². The fraction of sp³-hybridized carbons (Fsp3) is 0.357. The van der Waals surface area contributed by atoms with Crippen LogP contribution >= 0.6 is 0 Å². The summed E-state index contributed by atoms with van der Waals surface area (Å²) in [5.74, 6) is 0.0198. The van der Waals surface area contributed by atoms with Gasteiger partial charge in [0.2, 0.25) is 11.8 Å². The zero-order valence-electron chi connectivity index (χ0n) is 20.4. The number of pyridine rings is 2. The van der Waals surface area contributed by atoms with Crippen molar-refractivity contribution in [1.29, 1.82) is 0 Å². The second-order valence-electron chi connectivity index (χ2n) is 10.1. The molecule has 2 aromatic heterocycles. The molecule has 5 nitrogen and oxygen atoms in total. The number of ether oxygens (including phenoxy) is 2. The summed E-state index contributed by atoms with van der Waals surface area (Å²) in [6.45, 7) is 3.21. The minimum atomic E-state index is -4.68. The van der Waals surface area contributed by atoms with Crippen molar-refractivity contribution in [2.24, 2.45) is 0 Å². The highest BCUT2D eigenvalue weighted by Crippen LogP contribution is 2.54. The second-order valence-corrected chi connectivity index (χ2v) is 10.1. The Kier molecular flexibility index (Phi) is 6.43. The van der Waals surface area contributed by atoms with E-state index in [-0.39, 0.29) is 35.8 Å². The van der Waals surface area contributed by atoms with Gasteiger partial charge in [-0.15, -0.1) is 0 Å². The molecule has 0 aliphatic heterocycles. The van der Waals surface area contributed by atoms with Crippen molar-refractivity contribution < 1.29 is 32.1 Å². The van der Waals surface area contributed by atoms with Crippen LogP contribution in [0, 0.1) is 5.82 Å². The molecule has 0 unspecified atom stereocenters. The van der Waals surface area contributed by atoms with E-state index in [1.54, 1.807) is 26.1 Å². The Morgan fingerprint density at radius 1 is 1.03 bits per heavy atom. The highest BCUT2D eigenvalue weighted by Gasteiger charge is 2.38. The van der Waals surface area contributed by atoms with Crippen molar-refractivity contribution in [3.63, 3.8) is 0 Å². The number of aliphatic hydroxyl groups is 1. The van der Waals surface area contributed by atoms with Crippen molar-refractivity contribution in [3.8, 4) is 22.9 Å². The van der Waals surface area contributed by atoms with E-state index < -0.39 is 23.2 Å². The summed E-state index contributed by atoms with van der Waals surface area (Å²) in [7, 11) is 0. The first-order valence-electron chi connectivity index (χ1n) is 12.0. The topological polar surface area (TPSA) is 64.5 Å². The van der Waals surface area contributed by atoms with Crippen molar-refractivity contribution in [3.05, 3.63) is 76.4 Å². The molecule has 0 spiro atoms. The van der Waals surface area contributed by atoms with E-state index in [1.807, 2.05) is 0 Å². The average molecular weight is 515 g/mol. The van der Waals surface area contributed by atoms with Gasteiger partial charge in [-0.25, -0.2) is 14.4 Å². The molecule has 1 atom stereocenters.